The number of rotatable bonds is 3. The molecule has 0 radical (unpaired) electrons. The molecule has 0 unspecified atom stereocenters. The van der Waals surface area contributed by atoms with Gasteiger partial charge < -0.3 is 16.4 Å². The second-order valence-corrected chi connectivity index (χ2v) is 4.07. The lowest BCUT2D eigenvalue weighted by atomic mass is 10.2. The van der Waals surface area contributed by atoms with Crippen molar-refractivity contribution in [2.45, 2.75) is 6.54 Å². The van der Waals surface area contributed by atoms with Crippen LogP contribution in [-0.2, 0) is 6.54 Å². The molecule has 2 aromatic carbocycles. The lowest BCUT2D eigenvalue weighted by Crippen LogP contribution is -2.28. The van der Waals surface area contributed by atoms with E-state index in [1.807, 2.05) is 30.3 Å². The molecule has 0 saturated heterocycles. The molecule has 2 amide bonds. The third-order valence-electron chi connectivity index (χ3n) is 2.47. The van der Waals surface area contributed by atoms with Crippen molar-refractivity contribution >= 4 is 17.4 Å². The number of carbonyl (C=O) groups is 1. The summed E-state index contributed by atoms with van der Waals surface area (Å²) in [7, 11) is 0. The largest absolute Gasteiger partial charge is 0.399 e. The lowest BCUT2D eigenvalue weighted by molar-refractivity contribution is 0.251. The van der Waals surface area contributed by atoms with Gasteiger partial charge in [-0.25, -0.2) is 9.18 Å². The Morgan fingerprint density at radius 3 is 2.58 bits per heavy atom. The molecule has 5 heteroatoms. The van der Waals surface area contributed by atoms with Gasteiger partial charge in [-0.3, -0.25) is 0 Å². The number of nitrogens with two attached hydrogens (primary N) is 1. The van der Waals surface area contributed by atoms with Crippen molar-refractivity contribution in [1.29, 1.82) is 0 Å². The van der Waals surface area contributed by atoms with Crippen LogP contribution in [0, 0.1) is 5.82 Å². The zero-order chi connectivity index (χ0) is 13.7. The number of halogens is 1. The van der Waals surface area contributed by atoms with Crippen LogP contribution in [0.2, 0.25) is 0 Å². The number of benzene rings is 2. The highest BCUT2D eigenvalue weighted by Crippen LogP contribution is 2.15. The molecule has 19 heavy (non-hydrogen) atoms. The number of carbonyl (C=O) groups excluding carboxylic acids is 1. The van der Waals surface area contributed by atoms with E-state index in [1.54, 1.807) is 0 Å². The molecule has 4 nitrogen and oxygen atoms in total. The Labute approximate surface area is 110 Å². The molecular weight excluding hydrogens is 245 g/mol. The first-order chi connectivity index (χ1) is 9.13. The van der Waals surface area contributed by atoms with Gasteiger partial charge in [0, 0.05) is 17.9 Å². The predicted octanol–water partition coefficient (Wildman–Crippen LogP) is 2.73. The molecule has 0 saturated carbocycles. The first-order valence-corrected chi connectivity index (χ1v) is 5.78. The number of hydrogen-bond acceptors (Lipinski definition) is 2. The second kappa shape index (κ2) is 5.86. The molecule has 0 atom stereocenters. The molecule has 0 bridgehead atoms. The number of nitrogen functional groups attached to an aromatic ring is 1. The van der Waals surface area contributed by atoms with Gasteiger partial charge in [-0.1, -0.05) is 30.3 Å². The first kappa shape index (κ1) is 12.9. The molecule has 0 heterocycles. The summed E-state index contributed by atoms with van der Waals surface area (Å²) in [5, 5.41) is 5.20. The molecular formula is C14H14FN3O. The van der Waals surface area contributed by atoms with Crippen molar-refractivity contribution in [3.63, 3.8) is 0 Å². The normalized spacial score (nSPS) is 9.95. The summed E-state index contributed by atoms with van der Waals surface area (Å²) in [5.74, 6) is -0.488. The fraction of sp³-hybridized carbons (Fsp3) is 0.0714. The number of amides is 2. The summed E-state index contributed by atoms with van der Waals surface area (Å²) in [6.45, 7) is 0.400. The minimum absolute atomic E-state index is 0.262. The highest BCUT2D eigenvalue weighted by Gasteiger charge is 2.03. The van der Waals surface area contributed by atoms with Crippen LogP contribution in [0.15, 0.2) is 48.5 Å². The van der Waals surface area contributed by atoms with Crippen LogP contribution in [0.1, 0.15) is 5.56 Å². The summed E-state index contributed by atoms with van der Waals surface area (Å²) < 4.78 is 13.1. The highest BCUT2D eigenvalue weighted by atomic mass is 19.1. The molecule has 0 aromatic heterocycles. The van der Waals surface area contributed by atoms with Gasteiger partial charge >= 0.3 is 6.03 Å². The summed E-state index contributed by atoms with van der Waals surface area (Å²) in [5.41, 5.74) is 7.06. The minimum Gasteiger partial charge on any atom is -0.399 e. The van der Waals surface area contributed by atoms with Crippen LogP contribution in [0.25, 0.3) is 0 Å². The van der Waals surface area contributed by atoms with Crippen molar-refractivity contribution in [2.75, 3.05) is 11.1 Å². The SMILES string of the molecule is Nc1cc(F)cc(NC(=O)NCc2ccccc2)c1. The number of hydrogen-bond donors (Lipinski definition) is 3. The Balaban J connectivity index is 1.91. The smallest absolute Gasteiger partial charge is 0.319 e. The Bertz CT molecular complexity index is 552. The van der Waals surface area contributed by atoms with Gasteiger partial charge in [-0.15, -0.1) is 0 Å². The lowest BCUT2D eigenvalue weighted by Gasteiger charge is -2.08. The maximum Gasteiger partial charge on any atom is 0.319 e. The highest BCUT2D eigenvalue weighted by molar-refractivity contribution is 5.89. The van der Waals surface area contributed by atoms with E-state index in [0.29, 0.717) is 12.2 Å². The van der Waals surface area contributed by atoms with Crippen LogP contribution in [0.3, 0.4) is 0 Å². The third kappa shape index (κ3) is 3.99. The topological polar surface area (TPSA) is 67.1 Å². The fourth-order valence-corrected chi connectivity index (χ4v) is 1.64. The number of nitrogens with one attached hydrogen (secondary N) is 2. The molecule has 2 aromatic rings. The zero-order valence-electron chi connectivity index (χ0n) is 10.2. The standard InChI is InChI=1S/C14H14FN3O/c15-11-6-12(16)8-13(7-11)18-14(19)17-9-10-4-2-1-3-5-10/h1-8H,9,16H2,(H2,17,18,19). The summed E-state index contributed by atoms with van der Waals surface area (Å²) in [4.78, 5) is 11.6. The van der Waals surface area contributed by atoms with Gasteiger partial charge in [0.1, 0.15) is 5.82 Å². The zero-order valence-corrected chi connectivity index (χ0v) is 10.2. The Hall–Kier alpha value is -2.56. The Morgan fingerprint density at radius 1 is 1.16 bits per heavy atom. The van der Waals surface area contributed by atoms with E-state index >= 15 is 0 Å². The summed E-state index contributed by atoms with van der Waals surface area (Å²) in [6.07, 6.45) is 0. The van der Waals surface area contributed by atoms with Crippen LogP contribution >= 0.6 is 0 Å². The molecule has 0 aliphatic heterocycles. The van der Waals surface area contributed by atoms with Crippen LogP contribution in [0.4, 0.5) is 20.6 Å². The molecule has 0 fully saturated rings. The molecule has 4 N–H and O–H groups in total. The van der Waals surface area contributed by atoms with Crippen LogP contribution < -0.4 is 16.4 Å². The molecule has 0 aliphatic rings. The van der Waals surface area contributed by atoms with Gasteiger partial charge in [0.2, 0.25) is 0 Å². The van der Waals surface area contributed by atoms with Gasteiger partial charge in [-0.2, -0.15) is 0 Å². The summed E-state index contributed by atoms with van der Waals surface area (Å²) in [6, 6.07) is 13.0. The van der Waals surface area contributed by atoms with E-state index in [1.165, 1.54) is 18.2 Å². The van der Waals surface area contributed by atoms with Gasteiger partial charge in [0.25, 0.3) is 0 Å². The van der Waals surface area contributed by atoms with Crippen molar-refractivity contribution in [3.8, 4) is 0 Å². The average Bonchev–Trinajstić information content (AvgIpc) is 2.36. The van der Waals surface area contributed by atoms with E-state index in [0.717, 1.165) is 5.56 Å². The Morgan fingerprint density at radius 2 is 1.89 bits per heavy atom. The number of anilines is 2. The van der Waals surface area contributed by atoms with Crippen LogP contribution in [-0.4, -0.2) is 6.03 Å². The van der Waals surface area contributed by atoms with Gasteiger partial charge in [0.05, 0.1) is 0 Å². The van der Waals surface area contributed by atoms with E-state index < -0.39 is 11.8 Å². The molecule has 98 valence electrons. The molecule has 2 rings (SSSR count). The minimum atomic E-state index is -0.488. The quantitative estimate of drug-likeness (QED) is 0.742. The third-order valence-corrected chi connectivity index (χ3v) is 2.47. The van der Waals surface area contributed by atoms with E-state index in [2.05, 4.69) is 10.6 Å². The monoisotopic (exact) mass is 259 g/mol. The second-order valence-electron chi connectivity index (χ2n) is 4.07. The van der Waals surface area contributed by atoms with Gasteiger partial charge in [-0.05, 0) is 23.8 Å². The van der Waals surface area contributed by atoms with Crippen molar-refractivity contribution in [3.05, 3.63) is 59.9 Å². The molecule has 0 aliphatic carbocycles. The Kier molecular flexibility index (Phi) is 3.97. The van der Waals surface area contributed by atoms with Crippen molar-refractivity contribution < 1.29 is 9.18 Å². The van der Waals surface area contributed by atoms with E-state index in [9.17, 15) is 9.18 Å². The van der Waals surface area contributed by atoms with Crippen LogP contribution in [0.5, 0.6) is 0 Å². The number of urea groups is 1. The van der Waals surface area contributed by atoms with E-state index in [4.69, 9.17) is 5.73 Å². The van der Waals surface area contributed by atoms with Gasteiger partial charge in [0.15, 0.2) is 0 Å². The molecule has 0 spiro atoms. The summed E-state index contributed by atoms with van der Waals surface area (Å²) >= 11 is 0. The average molecular weight is 259 g/mol. The predicted molar refractivity (Wildman–Crippen MR) is 73.1 cm³/mol. The first-order valence-electron chi connectivity index (χ1n) is 5.78. The van der Waals surface area contributed by atoms with Crippen molar-refractivity contribution in [2.24, 2.45) is 0 Å². The van der Waals surface area contributed by atoms with Crippen molar-refractivity contribution in [1.82, 2.24) is 5.32 Å². The fourth-order valence-electron chi connectivity index (χ4n) is 1.64. The maximum atomic E-state index is 13.1. The maximum absolute atomic E-state index is 13.1. The van der Waals surface area contributed by atoms with E-state index in [-0.39, 0.29) is 5.69 Å².